The van der Waals surface area contributed by atoms with Gasteiger partial charge in [0.2, 0.25) is 11.9 Å². The molecule has 31 heavy (non-hydrogen) atoms. The Hall–Kier alpha value is -3.04. The molecule has 1 saturated heterocycles. The molecule has 0 spiro atoms. The molecular weight excluding hydrogens is 398 g/mol. The Morgan fingerprint density at radius 2 is 1.94 bits per heavy atom. The number of primary amides is 1. The number of nitrogens with zero attached hydrogens (tertiary/aromatic N) is 4. The monoisotopic (exact) mass is 427 g/mol. The lowest BCUT2D eigenvalue weighted by Crippen LogP contribution is -2.51. The number of ether oxygens (including phenoxy) is 2. The SMILES string of the molecule is COC(C)(C)C(=O)N1CCOC(c2nc(N(C)C)ncc2-c2ccc(C(N)=O)cc2)C1. The van der Waals surface area contributed by atoms with Gasteiger partial charge in [-0.1, -0.05) is 12.1 Å². The Labute approximate surface area is 182 Å². The minimum Gasteiger partial charge on any atom is -0.369 e. The molecule has 1 aliphatic heterocycles. The molecule has 1 aliphatic rings. The maximum absolute atomic E-state index is 12.9. The van der Waals surface area contributed by atoms with Crippen molar-refractivity contribution in [3.63, 3.8) is 0 Å². The third-order valence-corrected chi connectivity index (χ3v) is 5.37. The van der Waals surface area contributed by atoms with Crippen LogP contribution in [0.4, 0.5) is 5.95 Å². The van der Waals surface area contributed by atoms with Crippen LogP contribution in [0.3, 0.4) is 0 Å². The van der Waals surface area contributed by atoms with Gasteiger partial charge in [-0.2, -0.15) is 0 Å². The number of amides is 2. The summed E-state index contributed by atoms with van der Waals surface area (Å²) in [5, 5.41) is 0. The van der Waals surface area contributed by atoms with Gasteiger partial charge in [-0.25, -0.2) is 9.97 Å². The quantitative estimate of drug-likeness (QED) is 0.746. The second kappa shape index (κ2) is 8.99. The lowest BCUT2D eigenvalue weighted by Gasteiger charge is -2.37. The van der Waals surface area contributed by atoms with Crippen LogP contribution in [-0.4, -0.2) is 73.2 Å². The Morgan fingerprint density at radius 1 is 1.26 bits per heavy atom. The summed E-state index contributed by atoms with van der Waals surface area (Å²) in [7, 11) is 5.25. The fourth-order valence-corrected chi connectivity index (χ4v) is 3.35. The van der Waals surface area contributed by atoms with Crippen LogP contribution in [0.1, 0.15) is 36.0 Å². The highest BCUT2D eigenvalue weighted by molar-refractivity contribution is 5.93. The third-order valence-electron chi connectivity index (χ3n) is 5.37. The second-order valence-corrected chi connectivity index (χ2v) is 8.13. The average molecular weight is 428 g/mol. The van der Waals surface area contributed by atoms with E-state index in [-0.39, 0.29) is 5.91 Å². The van der Waals surface area contributed by atoms with Crippen molar-refractivity contribution >= 4 is 17.8 Å². The molecule has 9 nitrogen and oxygen atoms in total. The van der Waals surface area contributed by atoms with Crippen LogP contribution in [0.15, 0.2) is 30.5 Å². The number of aromatic nitrogens is 2. The van der Waals surface area contributed by atoms with Gasteiger partial charge < -0.3 is 25.0 Å². The zero-order chi connectivity index (χ0) is 22.8. The van der Waals surface area contributed by atoms with Gasteiger partial charge in [-0.15, -0.1) is 0 Å². The Balaban J connectivity index is 1.99. The van der Waals surface area contributed by atoms with Crippen LogP contribution >= 0.6 is 0 Å². The topological polar surface area (TPSA) is 111 Å². The number of methoxy groups -OCH3 is 1. The molecule has 2 aromatic rings. The standard InChI is InChI=1S/C22H29N5O4/c1-22(2,30-5)20(29)27-10-11-31-17(13-27)18-16(12-24-21(25-18)26(3)4)14-6-8-15(9-7-14)19(23)28/h6-9,12,17H,10-11,13H2,1-5H3,(H2,23,28). The van der Waals surface area contributed by atoms with Gasteiger partial charge in [0.25, 0.3) is 5.91 Å². The Kier molecular flexibility index (Phi) is 6.56. The summed E-state index contributed by atoms with van der Waals surface area (Å²) in [5.74, 6) is -0.0502. The van der Waals surface area contributed by atoms with E-state index in [1.807, 2.05) is 19.0 Å². The molecule has 0 saturated carbocycles. The lowest BCUT2D eigenvalue weighted by atomic mass is 9.99. The summed E-state index contributed by atoms with van der Waals surface area (Å²) in [5.41, 5.74) is 7.13. The first-order valence-corrected chi connectivity index (χ1v) is 10.0. The molecule has 0 bridgehead atoms. The number of carbonyl (C=O) groups is 2. The molecule has 3 rings (SSSR count). The first kappa shape index (κ1) is 22.6. The smallest absolute Gasteiger partial charge is 0.254 e. The summed E-state index contributed by atoms with van der Waals surface area (Å²) >= 11 is 0. The van der Waals surface area contributed by atoms with Crippen molar-refractivity contribution in [3.8, 4) is 11.1 Å². The molecule has 1 atom stereocenters. The second-order valence-electron chi connectivity index (χ2n) is 8.13. The largest absolute Gasteiger partial charge is 0.369 e. The lowest BCUT2D eigenvalue weighted by molar-refractivity contribution is -0.158. The fraction of sp³-hybridized carbons (Fsp3) is 0.455. The highest BCUT2D eigenvalue weighted by Gasteiger charge is 2.36. The van der Waals surface area contributed by atoms with Crippen LogP contribution < -0.4 is 10.6 Å². The predicted molar refractivity (Wildman–Crippen MR) is 117 cm³/mol. The van der Waals surface area contributed by atoms with E-state index in [4.69, 9.17) is 20.2 Å². The van der Waals surface area contributed by atoms with E-state index >= 15 is 0 Å². The molecule has 2 heterocycles. The van der Waals surface area contributed by atoms with E-state index in [0.29, 0.717) is 36.9 Å². The van der Waals surface area contributed by atoms with Crippen molar-refractivity contribution in [1.29, 1.82) is 0 Å². The van der Waals surface area contributed by atoms with Crippen LogP contribution in [-0.2, 0) is 14.3 Å². The number of anilines is 1. The molecule has 1 unspecified atom stereocenters. The van der Waals surface area contributed by atoms with E-state index in [1.54, 1.807) is 49.2 Å². The normalized spacial score (nSPS) is 16.8. The van der Waals surface area contributed by atoms with E-state index in [1.165, 1.54) is 7.11 Å². The van der Waals surface area contributed by atoms with Gasteiger partial charge in [-0.05, 0) is 31.5 Å². The number of hydrogen-bond donors (Lipinski definition) is 1. The molecule has 2 N–H and O–H groups in total. The summed E-state index contributed by atoms with van der Waals surface area (Å²) < 4.78 is 11.4. The number of hydrogen-bond acceptors (Lipinski definition) is 7. The zero-order valence-corrected chi connectivity index (χ0v) is 18.6. The highest BCUT2D eigenvalue weighted by Crippen LogP contribution is 2.32. The molecule has 166 valence electrons. The van der Waals surface area contributed by atoms with Crippen molar-refractivity contribution in [2.75, 3.05) is 45.8 Å². The number of nitrogens with two attached hydrogens (primary N) is 1. The minimum atomic E-state index is -0.921. The van der Waals surface area contributed by atoms with Crippen LogP contribution in [0.2, 0.25) is 0 Å². The fourth-order valence-electron chi connectivity index (χ4n) is 3.35. The van der Waals surface area contributed by atoms with Crippen LogP contribution in [0.5, 0.6) is 0 Å². The van der Waals surface area contributed by atoms with E-state index in [9.17, 15) is 9.59 Å². The van der Waals surface area contributed by atoms with Gasteiger partial charge >= 0.3 is 0 Å². The predicted octanol–water partition coefficient (Wildman–Crippen LogP) is 1.63. The van der Waals surface area contributed by atoms with E-state index in [0.717, 1.165) is 11.1 Å². The van der Waals surface area contributed by atoms with Gasteiger partial charge in [0.1, 0.15) is 11.7 Å². The Morgan fingerprint density at radius 3 is 2.52 bits per heavy atom. The summed E-state index contributed by atoms with van der Waals surface area (Å²) in [4.78, 5) is 37.1. The van der Waals surface area contributed by atoms with Crippen LogP contribution in [0.25, 0.3) is 11.1 Å². The van der Waals surface area contributed by atoms with E-state index in [2.05, 4.69) is 4.98 Å². The summed E-state index contributed by atoms with van der Waals surface area (Å²) in [6.07, 6.45) is 1.30. The van der Waals surface area contributed by atoms with Gasteiger partial charge in [0.15, 0.2) is 0 Å². The Bertz CT molecular complexity index is 959. The van der Waals surface area contributed by atoms with Crippen molar-refractivity contribution < 1.29 is 19.1 Å². The molecule has 9 heteroatoms. The molecule has 1 fully saturated rings. The minimum absolute atomic E-state index is 0.0995. The zero-order valence-electron chi connectivity index (χ0n) is 18.6. The molecular formula is C22H29N5O4. The van der Waals surface area contributed by atoms with Gasteiger partial charge in [-0.3, -0.25) is 9.59 Å². The molecule has 1 aromatic carbocycles. The molecule has 1 aromatic heterocycles. The van der Waals surface area contributed by atoms with Crippen molar-refractivity contribution in [2.45, 2.75) is 25.6 Å². The summed E-state index contributed by atoms with van der Waals surface area (Å²) in [6.45, 7) is 4.72. The number of morpholine rings is 1. The first-order chi connectivity index (χ1) is 14.6. The molecule has 2 amide bonds. The third kappa shape index (κ3) is 4.83. The van der Waals surface area contributed by atoms with Crippen molar-refractivity contribution in [1.82, 2.24) is 14.9 Å². The first-order valence-electron chi connectivity index (χ1n) is 10.0. The maximum atomic E-state index is 12.9. The van der Waals surface area contributed by atoms with Gasteiger partial charge in [0.05, 0.1) is 18.8 Å². The molecule has 0 radical (unpaired) electrons. The van der Waals surface area contributed by atoms with E-state index < -0.39 is 17.6 Å². The van der Waals surface area contributed by atoms with Crippen molar-refractivity contribution in [2.24, 2.45) is 5.73 Å². The number of benzene rings is 1. The molecule has 0 aliphatic carbocycles. The number of rotatable bonds is 6. The number of carbonyl (C=O) groups excluding carboxylic acids is 2. The van der Waals surface area contributed by atoms with Crippen molar-refractivity contribution in [3.05, 3.63) is 41.7 Å². The average Bonchev–Trinajstić information content (AvgIpc) is 2.78. The highest BCUT2D eigenvalue weighted by atomic mass is 16.5. The summed E-state index contributed by atoms with van der Waals surface area (Å²) in [6, 6.07) is 6.94. The van der Waals surface area contributed by atoms with Gasteiger partial charge in [0, 0.05) is 45.1 Å². The maximum Gasteiger partial charge on any atom is 0.254 e. The van der Waals surface area contributed by atoms with Crippen LogP contribution in [0, 0.1) is 0 Å².